The van der Waals surface area contributed by atoms with Crippen molar-refractivity contribution in [2.75, 3.05) is 5.88 Å². The van der Waals surface area contributed by atoms with E-state index in [9.17, 15) is 4.39 Å². The highest BCUT2D eigenvalue weighted by atomic mass is 35.5. The maximum Gasteiger partial charge on any atom is 0.141 e. The van der Waals surface area contributed by atoms with Crippen LogP contribution < -0.4 is 5.32 Å². The molecule has 0 unspecified atom stereocenters. The molecule has 0 aromatic carbocycles. The first-order valence-electron chi connectivity index (χ1n) is 6.15. The second-order valence-corrected chi connectivity index (χ2v) is 5.11. The van der Waals surface area contributed by atoms with Gasteiger partial charge in [-0.15, -0.1) is 11.6 Å². The third-order valence-electron chi connectivity index (χ3n) is 3.50. The number of rotatable bonds is 4. The average molecular weight is 257 g/mol. The third kappa shape index (κ3) is 3.39. The highest BCUT2D eigenvalue weighted by Gasteiger charge is 2.30. The molecule has 0 saturated heterocycles. The zero-order chi connectivity index (χ0) is 12.1. The van der Waals surface area contributed by atoms with Gasteiger partial charge in [0.1, 0.15) is 5.82 Å². The smallest absolute Gasteiger partial charge is 0.141 e. The van der Waals surface area contributed by atoms with Gasteiger partial charge in [-0.2, -0.15) is 0 Å². The van der Waals surface area contributed by atoms with Gasteiger partial charge in [-0.05, 0) is 24.5 Å². The zero-order valence-corrected chi connectivity index (χ0v) is 10.6. The van der Waals surface area contributed by atoms with E-state index in [0.29, 0.717) is 12.4 Å². The van der Waals surface area contributed by atoms with Crippen molar-refractivity contribution < 1.29 is 4.39 Å². The van der Waals surface area contributed by atoms with E-state index < -0.39 is 0 Å². The van der Waals surface area contributed by atoms with Gasteiger partial charge in [0.05, 0.1) is 6.20 Å². The van der Waals surface area contributed by atoms with Crippen LogP contribution in [0.1, 0.15) is 37.7 Å². The first kappa shape index (κ1) is 12.8. The fourth-order valence-corrected chi connectivity index (χ4v) is 2.79. The minimum atomic E-state index is -0.284. The van der Waals surface area contributed by atoms with Crippen molar-refractivity contribution in [2.45, 2.75) is 44.2 Å². The van der Waals surface area contributed by atoms with E-state index in [2.05, 4.69) is 10.3 Å². The molecule has 1 aliphatic carbocycles. The van der Waals surface area contributed by atoms with Crippen LogP contribution in [0, 0.1) is 5.82 Å². The van der Waals surface area contributed by atoms with Crippen LogP contribution in [-0.4, -0.2) is 16.4 Å². The van der Waals surface area contributed by atoms with Gasteiger partial charge in [-0.25, -0.2) is 4.39 Å². The van der Waals surface area contributed by atoms with E-state index in [0.717, 1.165) is 18.4 Å². The van der Waals surface area contributed by atoms with Crippen molar-refractivity contribution in [3.63, 3.8) is 0 Å². The molecule has 1 N–H and O–H groups in total. The second kappa shape index (κ2) is 5.78. The Balaban J connectivity index is 1.95. The van der Waals surface area contributed by atoms with Gasteiger partial charge in [0.25, 0.3) is 0 Å². The zero-order valence-electron chi connectivity index (χ0n) is 9.88. The normalized spacial score (nSPS) is 19.2. The Labute approximate surface area is 107 Å². The van der Waals surface area contributed by atoms with Crippen LogP contribution in [-0.2, 0) is 6.54 Å². The number of halogens is 2. The molecule has 1 saturated carbocycles. The van der Waals surface area contributed by atoms with E-state index in [1.165, 1.54) is 31.5 Å². The number of nitrogens with zero attached hydrogens (tertiary/aromatic N) is 1. The Morgan fingerprint density at radius 1 is 1.29 bits per heavy atom. The summed E-state index contributed by atoms with van der Waals surface area (Å²) in [7, 11) is 0. The first-order valence-corrected chi connectivity index (χ1v) is 6.68. The Morgan fingerprint density at radius 2 is 2.06 bits per heavy atom. The van der Waals surface area contributed by atoms with Crippen molar-refractivity contribution in [1.29, 1.82) is 0 Å². The quantitative estimate of drug-likeness (QED) is 0.837. The van der Waals surface area contributed by atoms with Gasteiger partial charge in [-0.1, -0.05) is 19.3 Å². The average Bonchev–Trinajstić information content (AvgIpc) is 2.38. The number of hydrogen-bond donors (Lipinski definition) is 1. The summed E-state index contributed by atoms with van der Waals surface area (Å²) in [6.07, 6.45) is 8.88. The Bertz CT molecular complexity index is 364. The summed E-state index contributed by atoms with van der Waals surface area (Å²) >= 11 is 6.08. The lowest BCUT2D eigenvalue weighted by Gasteiger charge is -2.36. The fourth-order valence-electron chi connectivity index (χ4n) is 2.43. The molecule has 0 atom stereocenters. The molecular weight excluding hydrogens is 239 g/mol. The molecule has 17 heavy (non-hydrogen) atoms. The van der Waals surface area contributed by atoms with Crippen molar-refractivity contribution in [3.8, 4) is 0 Å². The number of pyridine rings is 1. The fraction of sp³-hybridized carbons (Fsp3) is 0.615. The molecule has 0 spiro atoms. The van der Waals surface area contributed by atoms with Crippen LogP contribution in [0.3, 0.4) is 0 Å². The van der Waals surface area contributed by atoms with Crippen LogP contribution in [0.2, 0.25) is 0 Å². The topological polar surface area (TPSA) is 24.9 Å². The molecule has 0 aliphatic heterocycles. The van der Waals surface area contributed by atoms with E-state index in [1.807, 2.05) is 0 Å². The maximum atomic E-state index is 13.0. The molecule has 2 rings (SSSR count). The Kier molecular flexibility index (Phi) is 4.35. The molecule has 0 bridgehead atoms. The number of hydrogen-bond acceptors (Lipinski definition) is 2. The van der Waals surface area contributed by atoms with Crippen molar-refractivity contribution >= 4 is 11.6 Å². The summed E-state index contributed by atoms with van der Waals surface area (Å²) in [5.74, 6) is 0.336. The van der Waals surface area contributed by atoms with Gasteiger partial charge in [-0.3, -0.25) is 4.98 Å². The lowest BCUT2D eigenvalue weighted by Crippen LogP contribution is -2.48. The van der Waals surface area contributed by atoms with Crippen LogP contribution >= 0.6 is 11.6 Å². The molecule has 1 heterocycles. The molecule has 1 fully saturated rings. The third-order valence-corrected chi connectivity index (χ3v) is 4.01. The molecule has 1 aromatic heterocycles. The molecule has 94 valence electrons. The summed E-state index contributed by atoms with van der Waals surface area (Å²) in [6, 6.07) is 1.52. The van der Waals surface area contributed by atoms with E-state index in [1.54, 1.807) is 6.20 Å². The predicted molar refractivity (Wildman–Crippen MR) is 67.6 cm³/mol. The van der Waals surface area contributed by atoms with E-state index in [4.69, 9.17) is 11.6 Å². The highest BCUT2D eigenvalue weighted by molar-refractivity contribution is 6.18. The van der Waals surface area contributed by atoms with Crippen LogP contribution in [0.25, 0.3) is 0 Å². The Morgan fingerprint density at radius 3 is 2.71 bits per heavy atom. The monoisotopic (exact) mass is 256 g/mol. The molecule has 1 aromatic rings. The Hall–Kier alpha value is -0.670. The van der Waals surface area contributed by atoms with Gasteiger partial charge in [0, 0.05) is 24.2 Å². The predicted octanol–water partition coefficient (Wildman–Crippen LogP) is 3.25. The first-order chi connectivity index (χ1) is 8.24. The van der Waals surface area contributed by atoms with Crippen LogP contribution in [0.5, 0.6) is 0 Å². The standard InChI is InChI=1S/C13H18ClFN2/c14-10-13(4-2-1-3-5-13)17-8-11-6-12(15)9-16-7-11/h6-7,9,17H,1-5,8,10H2. The SMILES string of the molecule is Fc1cncc(CNC2(CCl)CCCCC2)c1. The van der Waals surface area contributed by atoms with Gasteiger partial charge in [0.2, 0.25) is 0 Å². The molecular formula is C13H18ClFN2. The second-order valence-electron chi connectivity index (χ2n) is 4.84. The van der Waals surface area contributed by atoms with Gasteiger partial charge in [0.15, 0.2) is 0 Å². The van der Waals surface area contributed by atoms with Gasteiger partial charge < -0.3 is 5.32 Å². The summed E-state index contributed by atoms with van der Waals surface area (Å²) in [6.45, 7) is 0.636. The summed E-state index contributed by atoms with van der Waals surface area (Å²) in [5, 5.41) is 3.49. The molecule has 0 radical (unpaired) electrons. The van der Waals surface area contributed by atoms with Crippen molar-refractivity contribution in [3.05, 3.63) is 29.8 Å². The van der Waals surface area contributed by atoms with Gasteiger partial charge >= 0.3 is 0 Å². The van der Waals surface area contributed by atoms with E-state index in [-0.39, 0.29) is 11.4 Å². The molecule has 2 nitrogen and oxygen atoms in total. The van der Waals surface area contributed by atoms with Crippen molar-refractivity contribution in [1.82, 2.24) is 10.3 Å². The largest absolute Gasteiger partial charge is 0.306 e. The summed E-state index contributed by atoms with van der Waals surface area (Å²) in [5.41, 5.74) is 0.909. The van der Waals surface area contributed by atoms with E-state index >= 15 is 0 Å². The van der Waals surface area contributed by atoms with Crippen LogP contribution in [0.15, 0.2) is 18.5 Å². The number of nitrogens with one attached hydrogen (secondary N) is 1. The maximum absolute atomic E-state index is 13.0. The number of aromatic nitrogens is 1. The van der Waals surface area contributed by atoms with Crippen LogP contribution in [0.4, 0.5) is 4.39 Å². The summed E-state index contributed by atoms with van der Waals surface area (Å²) < 4.78 is 13.0. The lowest BCUT2D eigenvalue weighted by atomic mass is 9.83. The highest BCUT2D eigenvalue weighted by Crippen LogP contribution is 2.29. The lowest BCUT2D eigenvalue weighted by molar-refractivity contribution is 0.256. The van der Waals surface area contributed by atoms with Crippen molar-refractivity contribution in [2.24, 2.45) is 0 Å². The molecule has 1 aliphatic rings. The minimum Gasteiger partial charge on any atom is -0.306 e. The number of alkyl halides is 1. The minimum absolute atomic E-state index is 0.0339. The molecule has 4 heteroatoms. The summed E-state index contributed by atoms with van der Waals surface area (Å²) in [4.78, 5) is 3.85. The molecule has 0 amide bonds.